The zero-order valence-electron chi connectivity index (χ0n) is 9.07. The van der Waals surface area contributed by atoms with E-state index in [9.17, 15) is 4.79 Å². The predicted octanol–water partition coefficient (Wildman–Crippen LogP) is 1.40. The molecule has 0 atom stereocenters. The third-order valence-corrected chi connectivity index (χ3v) is 3.18. The van der Waals surface area contributed by atoms with Crippen molar-refractivity contribution < 1.29 is 0 Å². The average Bonchev–Trinajstić information content (AvgIpc) is 2.29. The van der Waals surface area contributed by atoms with Crippen LogP contribution in [-0.4, -0.2) is 23.1 Å². The third-order valence-electron chi connectivity index (χ3n) is 3.18. The number of H-pyrrole nitrogens is 1. The van der Waals surface area contributed by atoms with Gasteiger partial charge in [0.15, 0.2) is 0 Å². The van der Waals surface area contributed by atoms with E-state index in [0.29, 0.717) is 0 Å². The fraction of sp³-hybridized carbons (Fsp3) is 0.636. The normalized spacial score (nSPS) is 18.1. The molecule has 2 rings (SSSR count). The van der Waals surface area contributed by atoms with Gasteiger partial charge in [0.05, 0.1) is 6.33 Å². The summed E-state index contributed by atoms with van der Waals surface area (Å²) in [7, 11) is 0. The van der Waals surface area contributed by atoms with Crippen molar-refractivity contribution in [2.75, 3.05) is 18.0 Å². The minimum Gasteiger partial charge on any atom is -0.356 e. The molecule has 0 spiro atoms. The van der Waals surface area contributed by atoms with Crippen LogP contribution in [0, 0.1) is 5.92 Å². The van der Waals surface area contributed by atoms with Gasteiger partial charge in [-0.25, -0.2) is 4.98 Å². The number of hydrogen-bond donors (Lipinski definition) is 1. The first-order valence-electron chi connectivity index (χ1n) is 5.59. The third kappa shape index (κ3) is 2.37. The van der Waals surface area contributed by atoms with Crippen molar-refractivity contribution in [3.8, 4) is 0 Å². The molecule has 1 N–H and O–H groups in total. The first-order valence-corrected chi connectivity index (χ1v) is 5.59. The Morgan fingerprint density at radius 3 is 2.87 bits per heavy atom. The Morgan fingerprint density at radius 2 is 2.27 bits per heavy atom. The molecule has 0 bridgehead atoms. The van der Waals surface area contributed by atoms with E-state index in [2.05, 4.69) is 21.8 Å². The molecule has 1 saturated heterocycles. The standard InChI is InChI=1S/C11H17N3O/c1-2-9-3-5-14(6-4-9)10-7-11(15)13-8-12-10/h7-9H,2-6H2,1H3,(H,12,13,15). The number of nitrogens with zero attached hydrogens (tertiary/aromatic N) is 2. The molecule has 0 aliphatic carbocycles. The van der Waals surface area contributed by atoms with Gasteiger partial charge in [-0.05, 0) is 18.8 Å². The molecule has 0 amide bonds. The molecule has 2 heterocycles. The van der Waals surface area contributed by atoms with Crippen molar-refractivity contribution in [2.24, 2.45) is 5.92 Å². The number of aromatic nitrogens is 2. The fourth-order valence-corrected chi connectivity index (χ4v) is 2.10. The van der Waals surface area contributed by atoms with Gasteiger partial charge >= 0.3 is 0 Å². The van der Waals surface area contributed by atoms with E-state index in [-0.39, 0.29) is 5.56 Å². The molecular weight excluding hydrogens is 190 g/mol. The van der Waals surface area contributed by atoms with Crippen LogP contribution in [0.25, 0.3) is 0 Å². The van der Waals surface area contributed by atoms with Crippen LogP contribution >= 0.6 is 0 Å². The summed E-state index contributed by atoms with van der Waals surface area (Å²) in [5.74, 6) is 1.66. The van der Waals surface area contributed by atoms with Gasteiger partial charge in [-0.2, -0.15) is 0 Å². The van der Waals surface area contributed by atoms with Crippen LogP contribution in [0.1, 0.15) is 26.2 Å². The van der Waals surface area contributed by atoms with Crippen LogP contribution in [0.2, 0.25) is 0 Å². The second kappa shape index (κ2) is 4.47. The van der Waals surface area contributed by atoms with Crippen LogP contribution in [-0.2, 0) is 0 Å². The van der Waals surface area contributed by atoms with E-state index in [1.807, 2.05) is 0 Å². The number of anilines is 1. The smallest absolute Gasteiger partial charge is 0.252 e. The highest BCUT2D eigenvalue weighted by atomic mass is 16.1. The highest BCUT2D eigenvalue weighted by Crippen LogP contribution is 2.22. The monoisotopic (exact) mass is 207 g/mol. The molecule has 0 radical (unpaired) electrons. The van der Waals surface area contributed by atoms with Crippen molar-refractivity contribution >= 4 is 5.82 Å². The van der Waals surface area contributed by atoms with Crippen LogP contribution in [0.4, 0.5) is 5.82 Å². The van der Waals surface area contributed by atoms with Crippen LogP contribution in [0.15, 0.2) is 17.2 Å². The Morgan fingerprint density at radius 1 is 1.53 bits per heavy atom. The summed E-state index contributed by atoms with van der Waals surface area (Å²) >= 11 is 0. The Kier molecular flexibility index (Phi) is 3.04. The zero-order valence-corrected chi connectivity index (χ0v) is 9.07. The summed E-state index contributed by atoms with van der Waals surface area (Å²) in [5, 5.41) is 0. The van der Waals surface area contributed by atoms with Crippen molar-refractivity contribution in [1.29, 1.82) is 0 Å². The van der Waals surface area contributed by atoms with Gasteiger partial charge in [0.1, 0.15) is 5.82 Å². The topological polar surface area (TPSA) is 49.0 Å². The Labute approximate surface area is 89.3 Å². The van der Waals surface area contributed by atoms with Crippen molar-refractivity contribution in [2.45, 2.75) is 26.2 Å². The molecule has 0 saturated carbocycles. The molecule has 1 aliphatic rings. The van der Waals surface area contributed by atoms with E-state index in [1.54, 1.807) is 6.07 Å². The molecule has 1 aromatic rings. The summed E-state index contributed by atoms with van der Waals surface area (Å²) in [6, 6.07) is 1.58. The van der Waals surface area contributed by atoms with Gasteiger partial charge < -0.3 is 9.88 Å². The number of hydrogen-bond acceptors (Lipinski definition) is 3. The van der Waals surface area contributed by atoms with Gasteiger partial charge in [0, 0.05) is 19.2 Å². The molecule has 82 valence electrons. The quantitative estimate of drug-likeness (QED) is 0.797. The summed E-state index contributed by atoms with van der Waals surface area (Å²) in [5.41, 5.74) is -0.0717. The molecular formula is C11H17N3O. The SMILES string of the molecule is CCC1CCN(c2cc(=O)[nH]cn2)CC1. The van der Waals surface area contributed by atoms with Gasteiger partial charge in [0.2, 0.25) is 0 Å². The van der Waals surface area contributed by atoms with Gasteiger partial charge in [-0.3, -0.25) is 4.79 Å². The zero-order chi connectivity index (χ0) is 10.7. The van der Waals surface area contributed by atoms with Gasteiger partial charge in [0.25, 0.3) is 5.56 Å². The maximum atomic E-state index is 11.1. The minimum absolute atomic E-state index is 0.0717. The van der Waals surface area contributed by atoms with Crippen LogP contribution in [0.3, 0.4) is 0 Å². The number of aromatic amines is 1. The number of piperidine rings is 1. The Hall–Kier alpha value is -1.32. The highest BCUT2D eigenvalue weighted by molar-refractivity contribution is 5.36. The summed E-state index contributed by atoms with van der Waals surface area (Å²) in [6.45, 7) is 4.29. The molecule has 0 unspecified atom stereocenters. The van der Waals surface area contributed by atoms with Crippen molar-refractivity contribution in [3.05, 3.63) is 22.7 Å². The first-order chi connectivity index (χ1) is 7.29. The predicted molar refractivity (Wildman–Crippen MR) is 60.1 cm³/mol. The molecule has 4 heteroatoms. The molecule has 1 aromatic heterocycles. The average molecular weight is 207 g/mol. The maximum absolute atomic E-state index is 11.1. The Bertz CT molecular complexity index is 366. The molecule has 4 nitrogen and oxygen atoms in total. The van der Waals surface area contributed by atoms with E-state index in [4.69, 9.17) is 0 Å². The fourth-order valence-electron chi connectivity index (χ4n) is 2.10. The summed E-state index contributed by atoms with van der Waals surface area (Å²) in [4.78, 5) is 20.0. The van der Waals surface area contributed by atoms with E-state index < -0.39 is 0 Å². The lowest BCUT2D eigenvalue weighted by Crippen LogP contribution is -2.34. The van der Waals surface area contributed by atoms with Gasteiger partial charge in [-0.15, -0.1) is 0 Å². The lowest BCUT2D eigenvalue weighted by Gasteiger charge is -2.32. The van der Waals surface area contributed by atoms with E-state index >= 15 is 0 Å². The van der Waals surface area contributed by atoms with Crippen LogP contribution in [0.5, 0.6) is 0 Å². The van der Waals surface area contributed by atoms with E-state index in [1.165, 1.54) is 25.6 Å². The largest absolute Gasteiger partial charge is 0.356 e. The number of nitrogens with one attached hydrogen (secondary N) is 1. The summed E-state index contributed by atoms with van der Waals surface area (Å²) in [6.07, 6.45) is 5.16. The van der Waals surface area contributed by atoms with Crippen molar-refractivity contribution in [1.82, 2.24) is 9.97 Å². The minimum atomic E-state index is -0.0717. The molecule has 1 aliphatic heterocycles. The molecule has 1 fully saturated rings. The Balaban J connectivity index is 2.04. The lowest BCUT2D eigenvalue weighted by molar-refractivity contribution is 0.393. The second-order valence-electron chi connectivity index (χ2n) is 4.11. The van der Waals surface area contributed by atoms with Gasteiger partial charge in [-0.1, -0.05) is 13.3 Å². The maximum Gasteiger partial charge on any atom is 0.252 e. The molecule has 15 heavy (non-hydrogen) atoms. The number of rotatable bonds is 2. The molecule has 0 aromatic carbocycles. The lowest BCUT2D eigenvalue weighted by atomic mass is 9.94. The first kappa shape index (κ1) is 10.2. The van der Waals surface area contributed by atoms with Crippen LogP contribution < -0.4 is 10.5 Å². The highest BCUT2D eigenvalue weighted by Gasteiger charge is 2.18. The van der Waals surface area contributed by atoms with E-state index in [0.717, 1.165) is 24.8 Å². The second-order valence-corrected chi connectivity index (χ2v) is 4.11. The summed E-state index contributed by atoms with van der Waals surface area (Å²) < 4.78 is 0. The van der Waals surface area contributed by atoms with Crippen molar-refractivity contribution in [3.63, 3.8) is 0 Å².